The third-order valence-corrected chi connectivity index (χ3v) is 4.89. The van der Waals surface area contributed by atoms with E-state index in [1.54, 1.807) is 0 Å². The molecule has 0 amide bonds. The molecule has 1 aliphatic carbocycles. The predicted octanol–water partition coefficient (Wildman–Crippen LogP) is 2.63. The molecule has 3 atom stereocenters. The van der Waals surface area contributed by atoms with Crippen molar-refractivity contribution in [2.24, 2.45) is 17.6 Å². The van der Waals surface area contributed by atoms with Crippen LogP contribution < -0.4 is 5.73 Å². The Hall–Kier alpha value is -0.900. The van der Waals surface area contributed by atoms with Crippen LogP contribution >= 0.6 is 0 Å². The first-order valence-corrected chi connectivity index (χ1v) is 8.35. The average molecular weight is 290 g/mol. The Bertz CT molecular complexity index is 395. The van der Waals surface area contributed by atoms with Crippen LogP contribution in [-0.2, 0) is 6.54 Å². The molecule has 3 nitrogen and oxygen atoms in total. The summed E-state index contributed by atoms with van der Waals surface area (Å²) in [4.78, 5) is 2.36. The molecular weight excluding hydrogens is 260 g/mol. The van der Waals surface area contributed by atoms with Gasteiger partial charge in [0.25, 0.3) is 0 Å². The second kappa shape index (κ2) is 8.52. The molecule has 0 aromatic heterocycles. The Balaban J connectivity index is 1.94. The molecule has 3 heteroatoms. The second-order valence-electron chi connectivity index (χ2n) is 6.46. The number of rotatable bonds is 7. The van der Waals surface area contributed by atoms with Gasteiger partial charge in [0.05, 0.1) is 6.61 Å². The highest BCUT2D eigenvalue weighted by molar-refractivity contribution is 5.14. The monoisotopic (exact) mass is 290 g/mol. The van der Waals surface area contributed by atoms with E-state index in [1.165, 1.54) is 24.8 Å². The van der Waals surface area contributed by atoms with Gasteiger partial charge in [0.1, 0.15) is 0 Å². The molecule has 1 aromatic rings. The van der Waals surface area contributed by atoms with Gasteiger partial charge in [-0.2, -0.15) is 0 Å². The highest BCUT2D eigenvalue weighted by atomic mass is 16.3. The summed E-state index contributed by atoms with van der Waals surface area (Å²) in [5.41, 5.74) is 7.65. The van der Waals surface area contributed by atoms with Crippen molar-refractivity contribution in [2.75, 3.05) is 19.7 Å². The maximum Gasteiger partial charge on any atom is 0.0558 e. The number of benzene rings is 1. The van der Waals surface area contributed by atoms with Gasteiger partial charge in [0.2, 0.25) is 0 Å². The van der Waals surface area contributed by atoms with E-state index >= 15 is 0 Å². The van der Waals surface area contributed by atoms with Crippen LogP contribution in [0.3, 0.4) is 0 Å². The van der Waals surface area contributed by atoms with Gasteiger partial charge in [0.15, 0.2) is 0 Å². The minimum Gasteiger partial charge on any atom is -0.395 e. The number of aliphatic hydroxyl groups is 1. The lowest BCUT2D eigenvalue weighted by Gasteiger charge is -2.37. The van der Waals surface area contributed by atoms with Crippen LogP contribution in [-0.4, -0.2) is 35.7 Å². The molecule has 21 heavy (non-hydrogen) atoms. The predicted molar refractivity (Wildman–Crippen MR) is 87.9 cm³/mol. The lowest BCUT2D eigenvalue weighted by molar-refractivity contribution is 0.128. The van der Waals surface area contributed by atoms with Crippen molar-refractivity contribution in [3.63, 3.8) is 0 Å². The molecular formula is C18H30N2O. The van der Waals surface area contributed by atoms with E-state index in [0.717, 1.165) is 32.0 Å². The lowest BCUT2D eigenvalue weighted by Crippen LogP contribution is -2.43. The van der Waals surface area contributed by atoms with Crippen molar-refractivity contribution in [2.45, 2.75) is 45.2 Å². The summed E-state index contributed by atoms with van der Waals surface area (Å²) in [7, 11) is 0. The summed E-state index contributed by atoms with van der Waals surface area (Å²) >= 11 is 0. The second-order valence-corrected chi connectivity index (χ2v) is 6.46. The van der Waals surface area contributed by atoms with E-state index in [9.17, 15) is 5.11 Å². The van der Waals surface area contributed by atoms with Crippen LogP contribution in [0.2, 0.25) is 0 Å². The first-order chi connectivity index (χ1) is 10.2. The van der Waals surface area contributed by atoms with Crippen LogP contribution in [0.4, 0.5) is 0 Å². The molecule has 118 valence electrons. The van der Waals surface area contributed by atoms with Gasteiger partial charge in [-0.1, -0.05) is 43.7 Å². The molecule has 0 radical (unpaired) electrons. The summed E-state index contributed by atoms with van der Waals surface area (Å²) < 4.78 is 0. The van der Waals surface area contributed by atoms with Crippen molar-refractivity contribution in [1.29, 1.82) is 0 Å². The molecule has 1 aromatic carbocycles. The summed E-state index contributed by atoms with van der Waals surface area (Å²) in [6, 6.07) is 10.8. The summed E-state index contributed by atoms with van der Waals surface area (Å²) in [5.74, 6) is 1.40. The lowest BCUT2D eigenvalue weighted by atomic mass is 9.77. The highest BCUT2D eigenvalue weighted by Crippen LogP contribution is 2.31. The summed E-state index contributed by atoms with van der Waals surface area (Å²) in [6.45, 7) is 5.14. The zero-order chi connectivity index (χ0) is 15.1. The fourth-order valence-corrected chi connectivity index (χ4v) is 3.51. The van der Waals surface area contributed by atoms with Crippen LogP contribution in [0.25, 0.3) is 0 Å². The van der Waals surface area contributed by atoms with E-state index in [4.69, 9.17) is 5.73 Å². The number of nitrogens with two attached hydrogens (primary N) is 1. The number of aliphatic hydroxyl groups excluding tert-OH is 1. The van der Waals surface area contributed by atoms with Gasteiger partial charge >= 0.3 is 0 Å². The minimum atomic E-state index is 0.214. The fourth-order valence-electron chi connectivity index (χ4n) is 3.51. The molecule has 0 heterocycles. The van der Waals surface area contributed by atoms with Gasteiger partial charge < -0.3 is 10.8 Å². The third-order valence-electron chi connectivity index (χ3n) is 4.89. The van der Waals surface area contributed by atoms with Crippen molar-refractivity contribution in [1.82, 2.24) is 4.90 Å². The Labute approximate surface area is 129 Å². The molecule has 3 N–H and O–H groups in total. The van der Waals surface area contributed by atoms with E-state index in [0.29, 0.717) is 12.0 Å². The van der Waals surface area contributed by atoms with Crippen LogP contribution in [0.5, 0.6) is 0 Å². The van der Waals surface area contributed by atoms with Gasteiger partial charge in [-0.25, -0.2) is 0 Å². The van der Waals surface area contributed by atoms with Crippen molar-refractivity contribution < 1.29 is 5.11 Å². The average Bonchev–Trinajstić information content (AvgIpc) is 2.51. The van der Waals surface area contributed by atoms with Crippen molar-refractivity contribution in [3.05, 3.63) is 35.9 Å². The SMILES string of the molecule is CCC1CCC(N)C(CN(CCO)Cc2ccccc2)C1. The maximum atomic E-state index is 9.34. The zero-order valence-corrected chi connectivity index (χ0v) is 13.2. The molecule has 1 fully saturated rings. The maximum absolute atomic E-state index is 9.34. The van der Waals surface area contributed by atoms with Gasteiger partial charge in [-0.3, -0.25) is 4.90 Å². The standard InChI is InChI=1S/C18H30N2O/c1-2-15-8-9-18(19)17(12-15)14-20(10-11-21)13-16-6-4-3-5-7-16/h3-7,15,17-18,21H,2,8-14,19H2,1H3. The van der Waals surface area contributed by atoms with E-state index < -0.39 is 0 Å². The quantitative estimate of drug-likeness (QED) is 0.811. The van der Waals surface area contributed by atoms with Gasteiger partial charge in [0, 0.05) is 25.7 Å². The molecule has 0 bridgehead atoms. The summed E-state index contributed by atoms with van der Waals surface area (Å²) in [6.07, 6.45) is 4.95. The van der Waals surface area contributed by atoms with Crippen molar-refractivity contribution in [3.8, 4) is 0 Å². The van der Waals surface area contributed by atoms with Crippen molar-refractivity contribution >= 4 is 0 Å². The summed E-state index contributed by atoms with van der Waals surface area (Å²) in [5, 5.41) is 9.34. The first-order valence-electron chi connectivity index (χ1n) is 8.35. The number of hydrogen-bond donors (Lipinski definition) is 2. The van der Waals surface area contributed by atoms with E-state index in [2.05, 4.69) is 36.1 Å². The molecule has 0 saturated heterocycles. The Kier molecular flexibility index (Phi) is 6.68. The smallest absolute Gasteiger partial charge is 0.0558 e. The first kappa shape index (κ1) is 16.5. The highest BCUT2D eigenvalue weighted by Gasteiger charge is 2.28. The van der Waals surface area contributed by atoms with Crippen LogP contribution in [0.15, 0.2) is 30.3 Å². The largest absolute Gasteiger partial charge is 0.395 e. The van der Waals surface area contributed by atoms with E-state index in [-0.39, 0.29) is 6.61 Å². The molecule has 3 unspecified atom stereocenters. The molecule has 0 aliphatic heterocycles. The molecule has 1 aliphatic rings. The van der Waals surface area contributed by atoms with E-state index in [1.807, 2.05) is 6.07 Å². The van der Waals surface area contributed by atoms with Crippen LogP contribution in [0.1, 0.15) is 38.2 Å². The Morgan fingerprint density at radius 2 is 2.00 bits per heavy atom. The third kappa shape index (κ3) is 5.10. The zero-order valence-electron chi connectivity index (χ0n) is 13.2. The fraction of sp³-hybridized carbons (Fsp3) is 0.667. The topological polar surface area (TPSA) is 49.5 Å². The Morgan fingerprint density at radius 1 is 1.24 bits per heavy atom. The normalized spacial score (nSPS) is 26.2. The van der Waals surface area contributed by atoms with Crippen LogP contribution in [0, 0.1) is 11.8 Å². The number of hydrogen-bond acceptors (Lipinski definition) is 3. The number of nitrogens with zero attached hydrogens (tertiary/aromatic N) is 1. The van der Waals surface area contributed by atoms with Gasteiger partial charge in [-0.15, -0.1) is 0 Å². The molecule has 1 saturated carbocycles. The molecule has 0 spiro atoms. The van der Waals surface area contributed by atoms with Gasteiger partial charge in [-0.05, 0) is 36.7 Å². The Morgan fingerprint density at radius 3 is 2.67 bits per heavy atom. The molecule has 2 rings (SSSR count). The minimum absolute atomic E-state index is 0.214.